The molecule has 0 bridgehead atoms. The number of hydrogen-bond donors (Lipinski definition) is 1. The fraction of sp³-hybridized carbons (Fsp3) is 0.375. The van der Waals surface area contributed by atoms with Crippen LogP contribution in [0.1, 0.15) is 68.2 Å². The minimum atomic E-state index is -0.580. The van der Waals surface area contributed by atoms with E-state index in [1.807, 2.05) is 56.3 Å². The van der Waals surface area contributed by atoms with Gasteiger partial charge in [-0.15, -0.1) is 0 Å². The van der Waals surface area contributed by atoms with Crippen LogP contribution in [0.25, 0.3) is 10.8 Å². The van der Waals surface area contributed by atoms with Crippen LogP contribution in [0.2, 0.25) is 0 Å². The zero-order valence-electron chi connectivity index (χ0n) is 16.8. The zero-order chi connectivity index (χ0) is 20.4. The van der Waals surface area contributed by atoms with E-state index in [0.29, 0.717) is 21.7 Å². The smallest absolute Gasteiger partial charge is 0.255 e. The highest BCUT2D eigenvalue weighted by Crippen LogP contribution is 2.36. The van der Waals surface area contributed by atoms with Gasteiger partial charge in [0, 0.05) is 10.8 Å². The lowest BCUT2D eigenvalue weighted by Crippen LogP contribution is -2.22. The first kappa shape index (κ1) is 19.7. The van der Waals surface area contributed by atoms with Crippen LogP contribution in [0, 0.1) is 11.3 Å². The monoisotopic (exact) mass is 403 g/mol. The molecule has 29 heavy (non-hydrogen) atoms. The predicted molar refractivity (Wildman–Crippen MR) is 118 cm³/mol. The Labute approximate surface area is 175 Å². The second kappa shape index (κ2) is 8.42. The molecule has 1 saturated carbocycles. The lowest BCUT2D eigenvalue weighted by molar-refractivity contribution is 0.746. The number of rotatable bonds is 5. The summed E-state index contributed by atoms with van der Waals surface area (Å²) in [5.74, 6) is -0.596. The van der Waals surface area contributed by atoms with Gasteiger partial charge in [-0.05, 0) is 35.1 Å². The molecule has 4 rings (SSSR count). The molecule has 1 aromatic heterocycles. The van der Waals surface area contributed by atoms with Crippen molar-refractivity contribution in [2.75, 3.05) is 0 Å². The maximum absolute atomic E-state index is 13.0. The number of aromatic amines is 1. The highest BCUT2D eigenvalue weighted by atomic mass is 32.2. The van der Waals surface area contributed by atoms with Crippen LogP contribution in [-0.4, -0.2) is 15.2 Å². The number of benzene rings is 2. The van der Waals surface area contributed by atoms with Gasteiger partial charge >= 0.3 is 0 Å². The van der Waals surface area contributed by atoms with Crippen LogP contribution in [-0.2, 0) is 0 Å². The molecule has 1 atom stereocenters. The third kappa shape index (κ3) is 3.95. The van der Waals surface area contributed by atoms with E-state index in [1.165, 1.54) is 12.8 Å². The third-order valence-corrected chi connectivity index (χ3v) is 6.88. The molecule has 0 saturated heterocycles. The van der Waals surface area contributed by atoms with Crippen LogP contribution in [0.3, 0.4) is 0 Å². The summed E-state index contributed by atoms with van der Waals surface area (Å²) in [5, 5.41) is 13.4. The van der Waals surface area contributed by atoms with E-state index >= 15 is 0 Å². The van der Waals surface area contributed by atoms with E-state index in [1.54, 1.807) is 11.8 Å². The maximum atomic E-state index is 13.0. The van der Waals surface area contributed by atoms with E-state index in [4.69, 9.17) is 4.98 Å². The summed E-state index contributed by atoms with van der Waals surface area (Å²) < 4.78 is 0. The van der Waals surface area contributed by atoms with Crippen LogP contribution < -0.4 is 5.56 Å². The van der Waals surface area contributed by atoms with Crippen molar-refractivity contribution in [1.29, 1.82) is 5.26 Å². The number of aromatic nitrogens is 2. The van der Waals surface area contributed by atoms with Crippen molar-refractivity contribution >= 4 is 22.5 Å². The van der Waals surface area contributed by atoms with Crippen LogP contribution >= 0.6 is 11.8 Å². The maximum Gasteiger partial charge on any atom is 0.255 e. The van der Waals surface area contributed by atoms with E-state index in [-0.39, 0.29) is 11.5 Å². The number of hydrogen-bond acceptors (Lipinski definition) is 4. The summed E-state index contributed by atoms with van der Waals surface area (Å²) in [7, 11) is 0. The van der Waals surface area contributed by atoms with Gasteiger partial charge in [0.2, 0.25) is 0 Å². The summed E-state index contributed by atoms with van der Waals surface area (Å²) in [4.78, 5) is 20.8. The van der Waals surface area contributed by atoms with Gasteiger partial charge in [0.15, 0.2) is 5.16 Å². The van der Waals surface area contributed by atoms with Crippen molar-refractivity contribution < 1.29 is 0 Å². The number of fused-ring (bicyclic) bond motifs is 1. The van der Waals surface area contributed by atoms with Crippen molar-refractivity contribution in [3.05, 3.63) is 69.6 Å². The largest absolute Gasteiger partial charge is 0.301 e. The van der Waals surface area contributed by atoms with Gasteiger partial charge in [-0.25, -0.2) is 4.98 Å². The number of nitrogens with zero attached hydrogens (tertiary/aromatic N) is 2. The molecule has 5 heteroatoms. The molecule has 1 fully saturated rings. The standard InChI is InChI=1S/C24H25N3OS/c1-15(2)21-22(26-24(27-23(21)28)29-17-10-4-5-11-17)20(14-25)19-13-7-9-16-8-3-6-12-18(16)19/h3,6-9,12-13,15,17,20H,4-5,10-11H2,1-2H3,(H,26,27,28). The highest BCUT2D eigenvalue weighted by Gasteiger charge is 2.26. The quantitative estimate of drug-likeness (QED) is 0.552. The second-order valence-electron chi connectivity index (χ2n) is 7.98. The lowest BCUT2D eigenvalue weighted by atomic mass is 9.87. The molecule has 4 nitrogen and oxygen atoms in total. The van der Waals surface area contributed by atoms with Crippen molar-refractivity contribution in [2.45, 2.75) is 61.8 Å². The molecule has 2 aromatic carbocycles. The molecule has 0 aliphatic heterocycles. The zero-order valence-corrected chi connectivity index (χ0v) is 17.6. The first-order valence-corrected chi connectivity index (χ1v) is 11.1. The number of nitriles is 1. The fourth-order valence-electron chi connectivity index (χ4n) is 4.26. The highest BCUT2D eigenvalue weighted by molar-refractivity contribution is 7.99. The van der Waals surface area contributed by atoms with Crippen LogP contribution in [0.5, 0.6) is 0 Å². The average Bonchev–Trinajstić information content (AvgIpc) is 3.21. The minimum absolute atomic E-state index is 0.0161. The summed E-state index contributed by atoms with van der Waals surface area (Å²) in [6.45, 7) is 3.97. The Hall–Kier alpha value is -2.58. The van der Waals surface area contributed by atoms with Gasteiger partial charge in [0.05, 0.1) is 11.8 Å². The van der Waals surface area contributed by atoms with Crippen molar-refractivity contribution in [3.63, 3.8) is 0 Å². The Morgan fingerprint density at radius 2 is 1.86 bits per heavy atom. The van der Waals surface area contributed by atoms with Crippen molar-refractivity contribution in [1.82, 2.24) is 9.97 Å². The summed E-state index contributed by atoms with van der Waals surface area (Å²) in [5.41, 5.74) is 2.00. The van der Waals surface area contributed by atoms with Gasteiger partial charge in [0.1, 0.15) is 5.92 Å². The molecule has 1 aliphatic rings. The molecule has 1 N–H and O–H groups in total. The molecule has 0 amide bonds. The Morgan fingerprint density at radius 3 is 2.59 bits per heavy atom. The Balaban J connectivity index is 1.87. The summed E-state index contributed by atoms with van der Waals surface area (Å²) in [6.07, 6.45) is 4.77. The summed E-state index contributed by atoms with van der Waals surface area (Å²) in [6, 6.07) is 16.5. The Morgan fingerprint density at radius 1 is 1.14 bits per heavy atom. The average molecular weight is 404 g/mol. The number of nitrogens with one attached hydrogen (secondary N) is 1. The second-order valence-corrected chi connectivity index (χ2v) is 9.27. The summed E-state index contributed by atoms with van der Waals surface area (Å²) >= 11 is 1.65. The molecule has 0 spiro atoms. The van der Waals surface area contributed by atoms with E-state index in [9.17, 15) is 10.1 Å². The van der Waals surface area contributed by atoms with Crippen LogP contribution in [0.4, 0.5) is 0 Å². The number of thioether (sulfide) groups is 1. The first-order valence-electron chi connectivity index (χ1n) is 10.3. The molecule has 148 valence electrons. The van der Waals surface area contributed by atoms with Crippen LogP contribution in [0.15, 0.2) is 52.4 Å². The first-order chi connectivity index (χ1) is 14.1. The van der Waals surface area contributed by atoms with Gasteiger partial charge < -0.3 is 4.98 Å². The molecular formula is C24H25N3OS. The van der Waals surface area contributed by atoms with Gasteiger partial charge in [-0.2, -0.15) is 5.26 Å². The third-order valence-electron chi connectivity index (χ3n) is 5.66. The molecule has 1 aliphatic carbocycles. The predicted octanol–water partition coefficient (Wildman–Crippen LogP) is 5.74. The van der Waals surface area contributed by atoms with Gasteiger partial charge in [0.25, 0.3) is 5.56 Å². The van der Waals surface area contributed by atoms with E-state index in [0.717, 1.165) is 29.2 Å². The Kier molecular flexibility index (Phi) is 5.73. The van der Waals surface area contributed by atoms with Gasteiger partial charge in [-0.3, -0.25) is 4.79 Å². The normalized spacial score (nSPS) is 15.7. The lowest BCUT2D eigenvalue weighted by Gasteiger charge is -2.19. The Bertz CT molecular complexity index is 1120. The molecule has 1 heterocycles. The van der Waals surface area contributed by atoms with Gasteiger partial charge in [-0.1, -0.05) is 80.9 Å². The van der Waals surface area contributed by atoms with Crippen molar-refractivity contribution in [3.8, 4) is 6.07 Å². The van der Waals surface area contributed by atoms with E-state index < -0.39 is 5.92 Å². The topological polar surface area (TPSA) is 69.5 Å². The fourth-order valence-corrected chi connectivity index (χ4v) is 5.44. The number of H-pyrrole nitrogens is 1. The molecule has 0 radical (unpaired) electrons. The molecule has 3 aromatic rings. The van der Waals surface area contributed by atoms with E-state index in [2.05, 4.69) is 11.1 Å². The minimum Gasteiger partial charge on any atom is -0.301 e. The molecular weight excluding hydrogens is 378 g/mol. The SMILES string of the molecule is CC(C)c1c(C(C#N)c2cccc3ccccc23)nc(SC2CCCC2)[nH]c1=O. The molecule has 1 unspecified atom stereocenters. The van der Waals surface area contributed by atoms with Crippen molar-refractivity contribution in [2.24, 2.45) is 0 Å².